The second-order valence-electron chi connectivity index (χ2n) is 4.31. The third kappa shape index (κ3) is 3.67. The Hall–Kier alpha value is -0.830. The number of nitrogens with zero attached hydrogens (tertiary/aromatic N) is 2. The molecule has 1 aromatic rings. The van der Waals surface area contributed by atoms with Crippen LogP contribution in [0.4, 0.5) is 5.82 Å². The van der Waals surface area contributed by atoms with E-state index in [0.29, 0.717) is 17.1 Å². The van der Waals surface area contributed by atoms with Crippen molar-refractivity contribution in [2.24, 2.45) is 5.92 Å². The zero-order valence-corrected chi connectivity index (χ0v) is 10.5. The van der Waals surface area contributed by atoms with Crippen LogP contribution in [0, 0.1) is 12.8 Å². The van der Waals surface area contributed by atoms with E-state index in [-0.39, 0.29) is 0 Å². The monoisotopic (exact) mass is 227 g/mol. The highest BCUT2D eigenvalue weighted by Crippen LogP contribution is 2.19. The summed E-state index contributed by atoms with van der Waals surface area (Å²) in [5, 5.41) is 3.86. The summed E-state index contributed by atoms with van der Waals surface area (Å²) in [6, 6.07) is 0.398. The van der Waals surface area contributed by atoms with E-state index in [1.54, 1.807) is 0 Å². The van der Waals surface area contributed by atoms with Crippen LogP contribution in [0.25, 0.3) is 0 Å². The lowest BCUT2D eigenvalue weighted by Crippen LogP contribution is -2.19. The summed E-state index contributed by atoms with van der Waals surface area (Å²) >= 11 is 5.91. The molecule has 1 unspecified atom stereocenters. The summed E-state index contributed by atoms with van der Waals surface area (Å²) in [7, 11) is 0. The summed E-state index contributed by atoms with van der Waals surface area (Å²) in [5.74, 6) is 1.51. The van der Waals surface area contributed by atoms with Gasteiger partial charge in [-0.15, -0.1) is 0 Å². The number of hydrogen-bond donors (Lipinski definition) is 1. The van der Waals surface area contributed by atoms with Crippen LogP contribution in [0.15, 0.2) is 6.33 Å². The Labute approximate surface area is 96.3 Å². The number of hydrogen-bond acceptors (Lipinski definition) is 3. The summed E-state index contributed by atoms with van der Waals surface area (Å²) in [6.07, 6.45) is 2.60. The smallest absolute Gasteiger partial charge is 0.137 e. The lowest BCUT2D eigenvalue weighted by Gasteiger charge is -2.17. The van der Waals surface area contributed by atoms with E-state index in [9.17, 15) is 0 Å². The van der Waals surface area contributed by atoms with E-state index in [1.165, 1.54) is 6.33 Å². The first-order valence-corrected chi connectivity index (χ1v) is 5.62. The molecule has 3 nitrogen and oxygen atoms in total. The van der Waals surface area contributed by atoms with Gasteiger partial charge in [-0.3, -0.25) is 0 Å². The van der Waals surface area contributed by atoms with Crippen molar-refractivity contribution in [2.45, 2.75) is 40.2 Å². The predicted molar refractivity (Wildman–Crippen MR) is 64.3 cm³/mol. The van der Waals surface area contributed by atoms with Crippen LogP contribution in [-0.4, -0.2) is 16.0 Å². The fourth-order valence-corrected chi connectivity index (χ4v) is 1.71. The van der Waals surface area contributed by atoms with Crippen molar-refractivity contribution < 1.29 is 0 Å². The van der Waals surface area contributed by atoms with Crippen LogP contribution in [0.3, 0.4) is 0 Å². The van der Waals surface area contributed by atoms with Crippen molar-refractivity contribution in [3.63, 3.8) is 0 Å². The second kappa shape index (κ2) is 5.31. The lowest BCUT2D eigenvalue weighted by molar-refractivity contribution is 0.538. The van der Waals surface area contributed by atoms with Gasteiger partial charge in [0, 0.05) is 11.6 Å². The molecule has 0 aliphatic heterocycles. The quantitative estimate of drug-likeness (QED) is 0.803. The molecule has 1 heterocycles. The standard InChI is InChI=1S/C11H18ClN3/c1-7(2)5-8(3)15-11-9(4)10(12)13-6-14-11/h6-8H,5H2,1-4H3,(H,13,14,15). The van der Waals surface area contributed by atoms with Crippen molar-refractivity contribution >= 4 is 17.4 Å². The van der Waals surface area contributed by atoms with Gasteiger partial charge in [-0.1, -0.05) is 25.4 Å². The second-order valence-corrected chi connectivity index (χ2v) is 4.67. The normalized spacial score (nSPS) is 12.9. The van der Waals surface area contributed by atoms with Crippen LogP contribution in [0.2, 0.25) is 5.15 Å². The van der Waals surface area contributed by atoms with Gasteiger partial charge in [0.2, 0.25) is 0 Å². The maximum absolute atomic E-state index is 5.91. The highest BCUT2D eigenvalue weighted by Gasteiger charge is 2.09. The predicted octanol–water partition coefficient (Wildman–Crippen LogP) is 3.28. The van der Waals surface area contributed by atoms with Gasteiger partial charge >= 0.3 is 0 Å². The Morgan fingerprint density at radius 2 is 2.00 bits per heavy atom. The topological polar surface area (TPSA) is 37.8 Å². The van der Waals surface area contributed by atoms with Crippen molar-refractivity contribution in [3.05, 3.63) is 17.0 Å². The third-order valence-electron chi connectivity index (χ3n) is 2.23. The first-order valence-electron chi connectivity index (χ1n) is 5.24. The molecule has 0 aliphatic carbocycles. The van der Waals surface area contributed by atoms with E-state index in [2.05, 4.69) is 36.1 Å². The molecule has 0 spiro atoms. The Morgan fingerprint density at radius 3 is 2.60 bits per heavy atom. The molecule has 1 rings (SSSR count). The van der Waals surface area contributed by atoms with Crippen LogP contribution in [0.1, 0.15) is 32.8 Å². The zero-order valence-electron chi connectivity index (χ0n) is 9.71. The minimum atomic E-state index is 0.398. The minimum absolute atomic E-state index is 0.398. The van der Waals surface area contributed by atoms with E-state index in [0.717, 1.165) is 17.8 Å². The average Bonchev–Trinajstić information content (AvgIpc) is 2.11. The molecule has 0 aromatic carbocycles. The molecule has 0 radical (unpaired) electrons. The Kier molecular flexibility index (Phi) is 4.33. The fourth-order valence-electron chi connectivity index (χ4n) is 1.57. The van der Waals surface area contributed by atoms with Crippen molar-refractivity contribution in [1.82, 2.24) is 9.97 Å². The Morgan fingerprint density at radius 1 is 1.33 bits per heavy atom. The van der Waals surface area contributed by atoms with Gasteiger partial charge in [-0.05, 0) is 26.2 Å². The summed E-state index contributed by atoms with van der Waals surface area (Å²) in [4.78, 5) is 8.10. The molecule has 0 amide bonds. The number of aromatic nitrogens is 2. The molecule has 1 atom stereocenters. The van der Waals surface area contributed by atoms with E-state index < -0.39 is 0 Å². The molecule has 0 fully saturated rings. The molecule has 1 N–H and O–H groups in total. The molecule has 0 saturated carbocycles. The van der Waals surface area contributed by atoms with Gasteiger partial charge in [0.1, 0.15) is 17.3 Å². The number of halogens is 1. The summed E-state index contributed by atoms with van der Waals surface area (Å²) in [6.45, 7) is 8.48. The fraction of sp³-hybridized carbons (Fsp3) is 0.636. The highest BCUT2D eigenvalue weighted by atomic mass is 35.5. The van der Waals surface area contributed by atoms with Gasteiger partial charge in [0.15, 0.2) is 0 Å². The van der Waals surface area contributed by atoms with E-state index >= 15 is 0 Å². The van der Waals surface area contributed by atoms with Gasteiger partial charge in [-0.25, -0.2) is 9.97 Å². The van der Waals surface area contributed by atoms with Crippen molar-refractivity contribution in [1.29, 1.82) is 0 Å². The van der Waals surface area contributed by atoms with Gasteiger partial charge in [0.05, 0.1) is 0 Å². The van der Waals surface area contributed by atoms with Gasteiger partial charge in [0.25, 0.3) is 0 Å². The summed E-state index contributed by atoms with van der Waals surface area (Å²) < 4.78 is 0. The largest absolute Gasteiger partial charge is 0.367 e. The first-order chi connectivity index (χ1) is 7.00. The molecule has 4 heteroatoms. The number of anilines is 1. The lowest BCUT2D eigenvalue weighted by atomic mass is 10.1. The SMILES string of the molecule is Cc1c(Cl)ncnc1NC(C)CC(C)C. The molecule has 0 bridgehead atoms. The molecule has 84 valence electrons. The van der Waals surface area contributed by atoms with Crippen LogP contribution in [-0.2, 0) is 0 Å². The average molecular weight is 228 g/mol. The first kappa shape index (κ1) is 12.2. The van der Waals surface area contributed by atoms with Gasteiger partial charge < -0.3 is 5.32 Å². The van der Waals surface area contributed by atoms with Crippen LogP contribution in [0.5, 0.6) is 0 Å². The molecule has 0 saturated heterocycles. The molecule has 15 heavy (non-hydrogen) atoms. The molecular weight excluding hydrogens is 210 g/mol. The minimum Gasteiger partial charge on any atom is -0.367 e. The van der Waals surface area contributed by atoms with Crippen molar-refractivity contribution in [2.75, 3.05) is 5.32 Å². The number of rotatable bonds is 4. The zero-order chi connectivity index (χ0) is 11.4. The highest BCUT2D eigenvalue weighted by molar-refractivity contribution is 6.30. The Balaban J connectivity index is 2.68. The van der Waals surface area contributed by atoms with Crippen molar-refractivity contribution in [3.8, 4) is 0 Å². The number of nitrogens with one attached hydrogen (secondary N) is 1. The van der Waals surface area contributed by atoms with Crippen LogP contribution >= 0.6 is 11.6 Å². The van der Waals surface area contributed by atoms with E-state index in [4.69, 9.17) is 11.6 Å². The van der Waals surface area contributed by atoms with E-state index in [1.807, 2.05) is 6.92 Å². The van der Waals surface area contributed by atoms with Crippen LogP contribution < -0.4 is 5.32 Å². The maximum Gasteiger partial charge on any atom is 0.137 e. The van der Waals surface area contributed by atoms with Gasteiger partial charge in [-0.2, -0.15) is 0 Å². The Bertz CT molecular complexity index is 326. The third-order valence-corrected chi connectivity index (χ3v) is 2.61. The molecule has 1 aromatic heterocycles. The maximum atomic E-state index is 5.91. The summed E-state index contributed by atoms with van der Waals surface area (Å²) in [5.41, 5.74) is 0.912. The molecular formula is C11H18ClN3. The molecule has 0 aliphatic rings.